The van der Waals surface area contributed by atoms with Crippen LogP contribution >= 0.6 is 11.3 Å². The van der Waals surface area contributed by atoms with Crippen LogP contribution in [0.3, 0.4) is 0 Å². The standard InChI is InChI=1S/C28H33F3N6OS/c29-28(30,31)14-22-11-23-24(34-17-35-26(23)39-22)37-10-7-27(16-37)12-21(13-27)36-20-3-1-19(2-4-20)25(38)33-15-18-5-8-32-9-6-18/h1-4,11,17-18,21,32,36H,5-10,12-16H2,(H,33,38). The number of alkyl halides is 3. The van der Waals surface area contributed by atoms with Gasteiger partial charge in [-0.05, 0) is 86.9 Å². The van der Waals surface area contributed by atoms with Crippen molar-refractivity contribution in [2.24, 2.45) is 11.3 Å². The fourth-order valence-electron chi connectivity index (χ4n) is 6.34. The molecule has 1 aromatic carbocycles. The van der Waals surface area contributed by atoms with E-state index in [9.17, 15) is 18.0 Å². The molecule has 3 fully saturated rings. The van der Waals surface area contributed by atoms with Crippen molar-refractivity contribution >= 4 is 39.0 Å². The van der Waals surface area contributed by atoms with Crippen molar-refractivity contribution in [2.45, 2.75) is 50.7 Å². The second kappa shape index (κ2) is 10.6. The smallest absolute Gasteiger partial charge is 0.382 e. The summed E-state index contributed by atoms with van der Waals surface area (Å²) in [6.45, 7) is 4.45. The van der Waals surface area contributed by atoms with Crippen molar-refractivity contribution in [1.29, 1.82) is 0 Å². The fourth-order valence-corrected chi connectivity index (χ4v) is 7.37. The Labute approximate surface area is 229 Å². The van der Waals surface area contributed by atoms with E-state index in [4.69, 9.17) is 0 Å². The van der Waals surface area contributed by atoms with Crippen molar-refractivity contribution in [3.05, 3.63) is 47.1 Å². The van der Waals surface area contributed by atoms with E-state index < -0.39 is 12.6 Å². The van der Waals surface area contributed by atoms with E-state index in [0.717, 1.165) is 87.7 Å². The van der Waals surface area contributed by atoms with Crippen LogP contribution in [0.2, 0.25) is 0 Å². The third-order valence-electron chi connectivity index (χ3n) is 8.36. The van der Waals surface area contributed by atoms with Gasteiger partial charge in [0.2, 0.25) is 0 Å². The molecule has 39 heavy (non-hydrogen) atoms. The fraction of sp³-hybridized carbons (Fsp3) is 0.536. The number of piperidine rings is 1. The molecule has 6 rings (SSSR count). The number of halogens is 3. The molecule has 2 aromatic heterocycles. The van der Waals surface area contributed by atoms with Gasteiger partial charge in [0.1, 0.15) is 17.0 Å². The van der Waals surface area contributed by atoms with Crippen LogP contribution in [0.1, 0.15) is 47.3 Å². The maximum absolute atomic E-state index is 12.9. The Morgan fingerprint density at radius 2 is 1.92 bits per heavy atom. The lowest BCUT2D eigenvalue weighted by atomic mass is 9.65. The summed E-state index contributed by atoms with van der Waals surface area (Å²) in [4.78, 5) is 24.3. The number of amides is 1. The molecule has 0 bridgehead atoms. The highest BCUT2D eigenvalue weighted by atomic mass is 32.1. The van der Waals surface area contributed by atoms with Gasteiger partial charge < -0.3 is 20.9 Å². The maximum Gasteiger partial charge on any atom is 0.393 e. The molecule has 1 amide bonds. The summed E-state index contributed by atoms with van der Waals surface area (Å²) in [5, 5.41) is 10.7. The Morgan fingerprint density at radius 1 is 1.15 bits per heavy atom. The Balaban J connectivity index is 1.01. The quantitative estimate of drug-likeness (QED) is 0.379. The monoisotopic (exact) mass is 558 g/mol. The second-order valence-corrected chi connectivity index (χ2v) is 12.4. The first-order chi connectivity index (χ1) is 18.8. The third kappa shape index (κ3) is 5.99. The summed E-state index contributed by atoms with van der Waals surface area (Å²) >= 11 is 1.09. The zero-order valence-electron chi connectivity index (χ0n) is 21.7. The first-order valence-corrected chi connectivity index (χ1v) is 14.5. The van der Waals surface area contributed by atoms with E-state index >= 15 is 0 Å². The number of nitrogens with zero attached hydrogens (tertiary/aromatic N) is 3. The second-order valence-electron chi connectivity index (χ2n) is 11.3. The van der Waals surface area contributed by atoms with E-state index in [1.165, 1.54) is 6.33 Å². The number of hydrogen-bond acceptors (Lipinski definition) is 7. The van der Waals surface area contributed by atoms with Gasteiger partial charge in [0, 0.05) is 41.8 Å². The molecule has 1 spiro atoms. The predicted molar refractivity (Wildman–Crippen MR) is 147 cm³/mol. The highest BCUT2D eigenvalue weighted by Crippen LogP contribution is 2.50. The molecule has 1 saturated carbocycles. The molecule has 2 aliphatic heterocycles. The van der Waals surface area contributed by atoms with Crippen LogP contribution in [0.4, 0.5) is 24.7 Å². The van der Waals surface area contributed by atoms with E-state index in [1.807, 2.05) is 24.3 Å². The van der Waals surface area contributed by atoms with Crippen LogP contribution in [0.15, 0.2) is 36.7 Å². The minimum Gasteiger partial charge on any atom is -0.382 e. The summed E-state index contributed by atoms with van der Waals surface area (Å²) in [5.41, 5.74) is 1.87. The van der Waals surface area contributed by atoms with Gasteiger partial charge in [-0.3, -0.25) is 4.79 Å². The molecule has 4 heterocycles. The molecule has 3 aromatic rings. The van der Waals surface area contributed by atoms with Gasteiger partial charge in [-0.15, -0.1) is 11.3 Å². The minimum atomic E-state index is -4.24. The SMILES string of the molecule is O=C(NCC1CCNCC1)c1ccc(NC2CC3(CCN(c4ncnc5sc(CC(F)(F)F)cc45)C3)C2)cc1. The molecule has 0 radical (unpaired) electrons. The Bertz CT molecular complexity index is 1320. The molecule has 2 saturated heterocycles. The number of benzene rings is 1. The molecule has 0 atom stereocenters. The predicted octanol–water partition coefficient (Wildman–Crippen LogP) is 5.00. The molecule has 3 N–H and O–H groups in total. The number of anilines is 2. The van der Waals surface area contributed by atoms with Gasteiger partial charge in [0.05, 0.1) is 11.8 Å². The highest BCUT2D eigenvalue weighted by molar-refractivity contribution is 7.18. The number of thiophene rings is 1. The normalized spacial score (nSPS) is 23.8. The van der Waals surface area contributed by atoms with Crippen LogP contribution in [0.5, 0.6) is 0 Å². The first-order valence-electron chi connectivity index (χ1n) is 13.7. The Morgan fingerprint density at radius 3 is 2.67 bits per heavy atom. The van der Waals surface area contributed by atoms with Gasteiger partial charge in [-0.2, -0.15) is 13.2 Å². The van der Waals surface area contributed by atoms with Crippen LogP contribution in [0, 0.1) is 11.3 Å². The number of nitrogens with one attached hydrogen (secondary N) is 3. The molecular formula is C28H33F3N6OS. The van der Waals surface area contributed by atoms with Crippen molar-refractivity contribution in [3.63, 3.8) is 0 Å². The maximum atomic E-state index is 12.9. The summed E-state index contributed by atoms with van der Waals surface area (Å²) in [6, 6.07) is 9.65. The third-order valence-corrected chi connectivity index (χ3v) is 9.40. The zero-order valence-corrected chi connectivity index (χ0v) is 22.5. The largest absolute Gasteiger partial charge is 0.393 e. The lowest BCUT2D eigenvalue weighted by Gasteiger charge is -2.46. The average molecular weight is 559 g/mol. The zero-order chi connectivity index (χ0) is 27.0. The molecule has 11 heteroatoms. The molecular weight excluding hydrogens is 525 g/mol. The highest BCUT2D eigenvalue weighted by Gasteiger charge is 2.49. The van der Waals surface area contributed by atoms with Crippen LogP contribution < -0.4 is 20.9 Å². The van der Waals surface area contributed by atoms with E-state index in [2.05, 4.69) is 30.8 Å². The number of rotatable bonds is 7. The molecule has 7 nitrogen and oxygen atoms in total. The lowest BCUT2D eigenvalue weighted by molar-refractivity contribution is -0.126. The topological polar surface area (TPSA) is 82.2 Å². The number of carbonyl (C=O) groups excluding carboxylic acids is 1. The van der Waals surface area contributed by atoms with Crippen molar-refractivity contribution in [2.75, 3.05) is 42.9 Å². The molecule has 3 aliphatic rings. The summed E-state index contributed by atoms with van der Waals surface area (Å²) in [6.07, 6.45) is 1.58. The Hall–Kier alpha value is -2.92. The number of hydrogen-bond donors (Lipinski definition) is 3. The van der Waals surface area contributed by atoms with E-state index in [0.29, 0.717) is 27.7 Å². The van der Waals surface area contributed by atoms with Gasteiger partial charge >= 0.3 is 6.18 Å². The van der Waals surface area contributed by atoms with E-state index in [-0.39, 0.29) is 16.2 Å². The van der Waals surface area contributed by atoms with E-state index in [1.54, 1.807) is 6.07 Å². The van der Waals surface area contributed by atoms with Crippen molar-refractivity contribution in [1.82, 2.24) is 20.6 Å². The molecule has 1 aliphatic carbocycles. The van der Waals surface area contributed by atoms with Gasteiger partial charge in [0.25, 0.3) is 5.91 Å². The number of carbonyl (C=O) groups is 1. The van der Waals surface area contributed by atoms with Gasteiger partial charge in [-0.25, -0.2) is 9.97 Å². The van der Waals surface area contributed by atoms with Crippen LogP contribution in [-0.2, 0) is 6.42 Å². The summed E-state index contributed by atoms with van der Waals surface area (Å²) < 4.78 is 38.7. The lowest BCUT2D eigenvalue weighted by Crippen LogP contribution is -2.46. The van der Waals surface area contributed by atoms with Crippen molar-refractivity contribution in [3.8, 4) is 0 Å². The summed E-state index contributed by atoms with van der Waals surface area (Å²) in [5.74, 6) is 1.27. The van der Waals surface area contributed by atoms with Crippen LogP contribution in [0.25, 0.3) is 10.2 Å². The summed E-state index contributed by atoms with van der Waals surface area (Å²) in [7, 11) is 0. The Kier molecular flexibility index (Phi) is 7.13. The minimum absolute atomic E-state index is 0.0243. The van der Waals surface area contributed by atoms with Crippen molar-refractivity contribution < 1.29 is 18.0 Å². The van der Waals surface area contributed by atoms with Gasteiger partial charge in [0.15, 0.2) is 0 Å². The first kappa shape index (κ1) is 26.3. The van der Waals surface area contributed by atoms with Crippen LogP contribution in [-0.4, -0.2) is 60.8 Å². The molecule has 208 valence electrons. The number of fused-ring (bicyclic) bond motifs is 1. The molecule has 0 unspecified atom stereocenters. The average Bonchev–Trinajstić information content (AvgIpc) is 3.51. The van der Waals surface area contributed by atoms with Gasteiger partial charge in [-0.1, -0.05) is 0 Å². The number of aromatic nitrogens is 2.